The fourth-order valence-corrected chi connectivity index (χ4v) is 1.22. The van der Waals surface area contributed by atoms with Gasteiger partial charge in [0.15, 0.2) is 17.3 Å². The van der Waals surface area contributed by atoms with E-state index in [-0.39, 0.29) is 22.8 Å². The zero-order valence-corrected chi connectivity index (χ0v) is 8.09. The van der Waals surface area contributed by atoms with Crippen molar-refractivity contribution >= 4 is 16.9 Å². The first-order valence-corrected chi connectivity index (χ1v) is 4.32. The number of fused-ring (bicyclic) bond motifs is 1. The number of halogens is 3. The molecule has 0 aliphatic carbocycles. The molecule has 0 radical (unpaired) electrons. The van der Waals surface area contributed by atoms with E-state index in [0.29, 0.717) is 6.20 Å². The van der Waals surface area contributed by atoms with Gasteiger partial charge < -0.3 is 4.98 Å². The van der Waals surface area contributed by atoms with Gasteiger partial charge in [0.25, 0.3) is 0 Å². The molecule has 0 saturated heterocycles. The second-order valence-electron chi connectivity index (χ2n) is 3.23. The van der Waals surface area contributed by atoms with Gasteiger partial charge in [-0.3, -0.25) is 4.79 Å². The molecule has 2 aromatic heterocycles. The van der Waals surface area contributed by atoms with E-state index >= 15 is 0 Å². The number of rotatable bonds is 1. The lowest BCUT2D eigenvalue weighted by atomic mass is 10.2. The van der Waals surface area contributed by atoms with Crippen LogP contribution in [0.25, 0.3) is 11.2 Å². The number of nitrogens with one attached hydrogen (secondary N) is 1. The molecule has 0 bridgehead atoms. The first kappa shape index (κ1) is 10.6. The van der Waals surface area contributed by atoms with Crippen LogP contribution in [0.2, 0.25) is 0 Å². The van der Waals surface area contributed by atoms with Gasteiger partial charge in [-0.1, -0.05) is 0 Å². The third-order valence-corrected chi connectivity index (χ3v) is 2.00. The summed E-state index contributed by atoms with van der Waals surface area (Å²) in [6, 6.07) is 0.877. The van der Waals surface area contributed by atoms with Gasteiger partial charge in [-0.05, 0) is 6.07 Å². The number of aromatic amines is 1. The molecule has 0 saturated carbocycles. The Morgan fingerprint density at radius 3 is 2.69 bits per heavy atom. The highest BCUT2D eigenvalue weighted by Gasteiger charge is 2.31. The highest BCUT2D eigenvalue weighted by Crippen LogP contribution is 2.29. The second-order valence-corrected chi connectivity index (χ2v) is 3.23. The second kappa shape index (κ2) is 3.29. The maximum atomic E-state index is 12.3. The number of aromatic nitrogens is 3. The zero-order valence-electron chi connectivity index (χ0n) is 8.09. The molecular weight excluding hydrogens is 223 g/mol. The summed E-state index contributed by atoms with van der Waals surface area (Å²) in [5.74, 6) is -0.353. The van der Waals surface area contributed by atoms with E-state index in [0.717, 1.165) is 6.07 Å². The topological polar surface area (TPSA) is 58.6 Å². The van der Waals surface area contributed by atoms with Crippen molar-refractivity contribution in [3.05, 3.63) is 23.7 Å². The van der Waals surface area contributed by atoms with Crippen LogP contribution in [0.4, 0.5) is 13.2 Å². The van der Waals surface area contributed by atoms with Gasteiger partial charge in [-0.15, -0.1) is 0 Å². The molecule has 4 nitrogen and oxygen atoms in total. The molecule has 2 heterocycles. The van der Waals surface area contributed by atoms with E-state index in [2.05, 4.69) is 15.0 Å². The summed E-state index contributed by atoms with van der Waals surface area (Å²) < 4.78 is 37.0. The summed E-state index contributed by atoms with van der Waals surface area (Å²) in [6.07, 6.45) is -3.77. The van der Waals surface area contributed by atoms with Crippen molar-refractivity contribution in [3.8, 4) is 0 Å². The van der Waals surface area contributed by atoms with Crippen molar-refractivity contribution in [1.82, 2.24) is 15.0 Å². The molecule has 2 aromatic rings. The van der Waals surface area contributed by atoms with E-state index in [1.165, 1.54) is 6.92 Å². The molecule has 0 aliphatic rings. The first-order valence-electron chi connectivity index (χ1n) is 4.32. The molecular formula is C9H6F3N3O. The molecule has 0 aromatic carbocycles. The van der Waals surface area contributed by atoms with Crippen molar-refractivity contribution in [2.45, 2.75) is 13.1 Å². The average molecular weight is 229 g/mol. The Hall–Kier alpha value is -1.92. The maximum absolute atomic E-state index is 12.3. The fourth-order valence-electron chi connectivity index (χ4n) is 1.22. The van der Waals surface area contributed by atoms with Crippen molar-refractivity contribution in [3.63, 3.8) is 0 Å². The molecule has 0 fully saturated rings. The molecule has 0 unspecified atom stereocenters. The molecule has 16 heavy (non-hydrogen) atoms. The Kier molecular flexibility index (Phi) is 2.18. The van der Waals surface area contributed by atoms with Crippen molar-refractivity contribution in [1.29, 1.82) is 0 Å². The van der Waals surface area contributed by atoms with Gasteiger partial charge in [0.05, 0.1) is 11.1 Å². The largest absolute Gasteiger partial charge is 0.417 e. The van der Waals surface area contributed by atoms with Crippen LogP contribution in [0.5, 0.6) is 0 Å². The van der Waals surface area contributed by atoms with Crippen molar-refractivity contribution < 1.29 is 18.0 Å². The highest BCUT2D eigenvalue weighted by molar-refractivity contribution is 5.93. The van der Waals surface area contributed by atoms with Crippen LogP contribution >= 0.6 is 0 Å². The minimum Gasteiger partial charge on any atom is -0.334 e. The van der Waals surface area contributed by atoms with Crippen LogP contribution in [0, 0.1) is 0 Å². The van der Waals surface area contributed by atoms with Crippen LogP contribution in [-0.2, 0) is 6.18 Å². The Bertz CT molecular complexity index is 559. The average Bonchev–Trinajstić information content (AvgIpc) is 2.58. The standard InChI is InChI=1S/C9H6F3N3O/c1-4(16)7-14-6-2-5(9(10,11)12)3-13-8(6)15-7/h2-3H,1H3,(H,13,14,15). The van der Waals surface area contributed by atoms with E-state index in [4.69, 9.17) is 0 Å². The van der Waals surface area contributed by atoms with Crippen LogP contribution in [0.1, 0.15) is 23.1 Å². The van der Waals surface area contributed by atoms with E-state index in [9.17, 15) is 18.0 Å². The van der Waals surface area contributed by atoms with E-state index in [1.807, 2.05) is 0 Å². The Morgan fingerprint density at radius 2 is 2.12 bits per heavy atom. The molecule has 0 amide bonds. The number of hydrogen-bond acceptors (Lipinski definition) is 3. The maximum Gasteiger partial charge on any atom is 0.417 e. The lowest BCUT2D eigenvalue weighted by Gasteiger charge is -2.04. The Balaban J connectivity index is 2.58. The number of H-pyrrole nitrogens is 1. The summed E-state index contributed by atoms with van der Waals surface area (Å²) >= 11 is 0. The molecule has 7 heteroatoms. The predicted octanol–water partition coefficient (Wildman–Crippen LogP) is 2.18. The lowest BCUT2D eigenvalue weighted by molar-refractivity contribution is -0.137. The predicted molar refractivity (Wildman–Crippen MR) is 48.9 cm³/mol. The molecule has 0 spiro atoms. The van der Waals surface area contributed by atoms with Crippen LogP contribution in [0.15, 0.2) is 12.3 Å². The lowest BCUT2D eigenvalue weighted by Crippen LogP contribution is -2.05. The van der Waals surface area contributed by atoms with Crippen LogP contribution in [-0.4, -0.2) is 20.7 Å². The normalized spacial score (nSPS) is 12.0. The van der Waals surface area contributed by atoms with Gasteiger partial charge >= 0.3 is 6.18 Å². The molecule has 84 valence electrons. The minimum atomic E-state index is -4.46. The molecule has 1 N–H and O–H groups in total. The SMILES string of the molecule is CC(=O)c1nc2ncc(C(F)(F)F)cc2[nH]1. The number of carbonyl (C=O) groups excluding carboxylic acids is 1. The van der Waals surface area contributed by atoms with Crippen LogP contribution in [0.3, 0.4) is 0 Å². The fraction of sp³-hybridized carbons (Fsp3) is 0.222. The van der Waals surface area contributed by atoms with Crippen LogP contribution < -0.4 is 0 Å². The van der Waals surface area contributed by atoms with Gasteiger partial charge in [-0.25, -0.2) is 9.97 Å². The monoisotopic (exact) mass is 229 g/mol. The third-order valence-electron chi connectivity index (χ3n) is 2.00. The minimum absolute atomic E-state index is 0.00169. The Morgan fingerprint density at radius 1 is 1.44 bits per heavy atom. The number of carbonyl (C=O) groups is 1. The van der Waals surface area contributed by atoms with Gasteiger partial charge in [0, 0.05) is 13.1 Å². The molecule has 2 rings (SSSR count). The summed E-state index contributed by atoms with van der Waals surface area (Å²) in [6.45, 7) is 1.27. The summed E-state index contributed by atoms with van der Waals surface area (Å²) in [5.41, 5.74) is -0.683. The number of hydrogen-bond donors (Lipinski definition) is 1. The quantitative estimate of drug-likeness (QED) is 0.762. The van der Waals surface area contributed by atoms with E-state index < -0.39 is 11.7 Å². The number of nitrogens with zero attached hydrogens (tertiary/aromatic N) is 2. The number of alkyl halides is 3. The van der Waals surface area contributed by atoms with Crippen molar-refractivity contribution in [2.75, 3.05) is 0 Å². The van der Waals surface area contributed by atoms with Gasteiger partial charge in [0.1, 0.15) is 0 Å². The molecule has 0 aliphatic heterocycles. The zero-order chi connectivity index (χ0) is 11.9. The summed E-state index contributed by atoms with van der Waals surface area (Å²) in [5, 5.41) is 0. The van der Waals surface area contributed by atoms with E-state index in [1.54, 1.807) is 0 Å². The Labute approximate surface area is 87.5 Å². The highest BCUT2D eigenvalue weighted by atomic mass is 19.4. The van der Waals surface area contributed by atoms with Gasteiger partial charge in [0.2, 0.25) is 0 Å². The smallest absolute Gasteiger partial charge is 0.334 e. The van der Waals surface area contributed by atoms with Gasteiger partial charge in [-0.2, -0.15) is 13.2 Å². The molecule has 0 atom stereocenters. The summed E-state index contributed by atoms with van der Waals surface area (Å²) in [4.78, 5) is 20.7. The number of pyridine rings is 1. The third kappa shape index (κ3) is 1.75. The number of Topliss-reactive ketones (excluding diaryl/α,β-unsaturated/α-hetero) is 1. The van der Waals surface area contributed by atoms with Crippen molar-refractivity contribution in [2.24, 2.45) is 0 Å². The summed E-state index contributed by atoms with van der Waals surface area (Å²) in [7, 11) is 0. The number of imidazole rings is 1. The number of ketones is 1. The first-order chi connectivity index (χ1) is 7.38.